The summed E-state index contributed by atoms with van der Waals surface area (Å²) in [5, 5.41) is 8.64. The molecule has 0 aliphatic rings. The van der Waals surface area contributed by atoms with Crippen molar-refractivity contribution < 1.29 is 5.11 Å². The number of hydrogen-bond acceptors (Lipinski definition) is 1. The number of allylic oxidation sites excluding steroid dienone is 3. The molecule has 0 saturated heterocycles. The second-order valence-electron chi connectivity index (χ2n) is 2.77. The Kier molecular flexibility index (Phi) is 4.95. The van der Waals surface area contributed by atoms with Gasteiger partial charge < -0.3 is 5.11 Å². The van der Waals surface area contributed by atoms with Crippen molar-refractivity contribution in [1.82, 2.24) is 0 Å². The van der Waals surface area contributed by atoms with Crippen LogP contribution >= 0.6 is 0 Å². The van der Waals surface area contributed by atoms with Gasteiger partial charge in [0, 0.05) is 6.61 Å². The minimum Gasteiger partial charge on any atom is -0.396 e. The van der Waals surface area contributed by atoms with Gasteiger partial charge in [-0.3, -0.25) is 0 Å². The van der Waals surface area contributed by atoms with Crippen molar-refractivity contribution in [1.29, 1.82) is 0 Å². The van der Waals surface area contributed by atoms with Gasteiger partial charge in [-0.15, -0.1) is 0 Å². The molecule has 1 heteroatoms. The molecule has 1 N–H and O–H groups in total. The molecule has 0 aromatic rings. The van der Waals surface area contributed by atoms with E-state index >= 15 is 0 Å². The molecular weight excluding hydrogens is 124 g/mol. The van der Waals surface area contributed by atoms with Crippen LogP contribution in [0.1, 0.15) is 20.3 Å². The van der Waals surface area contributed by atoms with Crippen LogP contribution in [-0.2, 0) is 0 Å². The predicted octanol–water partition coefficient (Wildman–Crippen LogP) is 2.14. The minimum atomic E-state index is 0.264. The minimum absolute atomic E-state index is 0.264. The van der Waals surface area contributed by atoms with Crippen LogP contribution in [0.5, 0.6) is 0 Å². The topological polar surface area (TPSA) is 20.2 Å². The third-order valence-electron chi connectivity index (χ3n) is 1.25. The molecule has 0 bridgehead atoms. The molecule has 0 aliphatic heterocycles. The molecule has 0 aromatic carbocycles. The fourth-order valence-corrected chi connectivity index (χ4v) is 0.576. The average molecular weight is 140 g/mol. The summed E-state index contributed by atoms with van der Waals surface area (Å²) in [5.74, 6) is 0.371. The molecule has 0 amide bonds. The van der Waals surface area contributed by atoms with E-state index in [2.05, 4.69) is 6.58 Å². The van der Waals surface area contributed by atoms with E-state index in [-0.39, 0.29) is 6.61 Å². The molecule has 0 heterocycles. The summed E-state index contributed by atoms with van der Waals surface area (Å²) in [6.07, 6.45) is 4.96. The van der Waals surface area contributed by atoms with Crippen molar-refractivity contribution >= 4 is 0 Å². The second kappa shape index (κ2) is 5.24. The molecule has 0 aromatic heterocycles. The van der Waals surface area contributed by atoms with E-state index in [1.165, 1.54) is 0 Å². The highest BCUT2D eigenvalue weighted by molar-refractivity contribution is 5.10. The summed E-state index contributed by atoms with van der Waals surface area (Å²) in [4.78, 5) is 0. The van der Waals surface area contributed by atoms with Gasteiger partial charge in [0.25, 0.3) is 0 Å². The zero-order valence-corrected chi connectivity index (χ0v) is 6.80. The maximum Gasteiger partial charge on any atom is 0.0459 e. The first-order chi connectivity index (χ1) is 4.66. The highest BCUT2D eigenvalue weighted by atomic mass is 16.3. The first kappa shape index (κ1) is 9.44. The lowest BCUT2D eigenvalue weighted by molar-refractivity contribution is 0.239. The summed E-state index contributed by atoms with van der Waals surface area (Å²) in [7, 11) is 0. The monoisotopic (exact) mass is 140 g/mol. The van der Waals surface area contributed by atoms with Crippen molar-refractivity contribution in [2.24, 2.45) is 5.92 Å². The third kappa shape index (κ3) is 5.57. The third-order valence-corrected chi connectivity index (χ3v) is 1.25. The van der Waals surface area contributed by atoms with Crippen LogP contribution in [0.25, 0.3) is 0 Å². The number of aliphatic hydroxyl groups is 1. The Hall–Kier alpha value is -0.560. The van der Waals surface area contributed by atoms with Gasteiger partial charge in [-0.05, 0) is 19.3 Å². The molecule has 0 spiro atoms. The first-order valence-electron chi connectivity index (χ1n) is 3.59. The van der Waals surface area contributed by atoms with Crippen molar-refractivity contribution in [2.45, 2.75) is 20.3 Å². The molecule has 1 atom stereocenters. The summed E-state index contributed by atoms with van der Waals surface area (Å²) in [6.45, 7) is 7.97. The Bertz CT molecular complexity index is 125. The first-order valence-corrected chi connectivity index (χ1v) is 3.59. The fraction of sp³-hybridized carbons (Fsp3) is 0.556. The molecule has 1 nitrogen and oxygen atoms in total. The van der Waals surface area contributed by atoms with Gasteiger partial charge in [0.2, 0.25) is 0 Å². The van der Waals surface area contributed by atoms with Crippen molar-refractivity contribution in [3.8, 4) is 0 Å². The maximum absolute atomic E-state index is 8.64. The van der Waals surface area contributed by atoms with Crippen molar-refractivity contribution in [3.05, 3.63) is 24.3 Å². The Labute approximate surface area is 63.1 Å². The second-order valence-corrected chi connectivity index (χ2v) is 2.77. The zero-order valence-electron chi connectivity index (χ0n) is 6.80. The highest BCUT2D eigenvalue weighted by Gasteiger charge is 1.93. The highest BCUT2D eigenvalue weighted by Crippen LogP contribution is 2.02. The van der Waals surface area contributed by atoms with E-state index in [4.69, 9.17) is 5.11 Å². The fourth-order valence-electron chi connectivity index (χ4n) is 0.576. The van der Waals surface area contributed by atoms with E-state index < -0.39 is 0 Å². The standard InChI is InChI=1S/C9H16O/c1-8(2)5-4-6-9(3)7-10/h4-5,9-10H,1,6-7H2,2-3H3/b5-4+. The van der Waals surface area contributed by atoms with Gasteiger partial charge in [-0.1, -0.05) is 31.2 Å². The SMILES string of the molecule is C=C(C)/C=C/CC(C)CO. The molecule has 0 rings (SSSR count). The van der Waals surface area contributed by atoms with E-state index in [1.807, 2.05) is 26.0 Å². The summed E-state index contributed by atoms with van der Waals surface area (Å²) in [5.41, 5.74) is 1.06. The van der Waals surface area contributed by atoms with E-state index in [0.717, 1.165) is 12.0 Å². The van der Waals surface area contributed by atoms with Crippen LogP contribution < -0.4 is 0 Å². The van der Waals surface area contributed by atoms with E-state index in [1.54, 1.807) is 0 Å². The lowest BCUT2D eigenvalue weighted by Crippen LogP contribution is -1.97. The Morgan fingerprint density at radius 3 is 2.70 bits per heavy atom. The van der Waals surface area contributed by atoms with Crippen LogP contribution in [0.3, 0.4) is 0 Å². The normalized spacial score (nSPS) is 13.9. The van der Waals surface area contributed by atoms with Gasteiger partial charge in [0.15, 0.2) is 0 Å². The van der Waals surface area contributed by atoms with Crippen molar-refractivity contribution in [3.63, 3.8) is 0 Å². The molecule has 1 unspecified atom stereocenters. The van der Waals surface area contributed by atoms with Crippen LogP contribution in [0.2, 0.25) is 0 Å². The summed E-state index contributed by atoms with van der Waals surface area (Å²) >= 11 is 0. The van der Waals surface area contributed by atoms with Crippen LogP contribution in [0.15, 0.2) is 24.3 Å². The number of rotatable bonds is 4. The van der Waals surface area contributed by atoms with Gasteiger partial charge in [0.05, 0.1) is 0 Å². The molecular formula is C9H16O. The van der Waals surface area contributed by atoms with Crippen LogP contribution in [0.4, 0.5) is 0 Å². The predicted molar refractivity (Wildman–Crippen MR) is 44.8 cm³/mol. The smallest absolute Gasteiger partial charge is 0.0459 e. The van der Waals surface area contributed by atoms with Gasteiger partial charge in [-0.2, -0.15) is 0 Å². The Morgan fingerprint density at radius 2 is 2.30 bits per heavy atom. The number of aliphatic hydroxyl groups excluding tert-OH is 1. The number of hydrogen-bond donors (Lipinski definition) is 1. The van der Waals surface area contributed by atoms with Gasteiger partial charge >= 0.3 is 0 Å². The Morgan fingerprint density at radius 1 is 1.70 bits per heavy atom. The van der Waals surface area contributed by atoms with Crippen molar-refractivity contribution in [2.75, 3.05) is 6.61 Å². The van der Waals surface area contributed by atoms with E-state index in [0.29, 0.717) is 5.92 Å². The lowest BCUT2D eigenvalue weighted by Gasteiger charge is -2.00. The molecule has 10 heavy (non-hydrogen) atoms. The van der Waals surface area contributed by atoms with Crippen LogP contribution in [-0.4, -0.2) is 11.7 Å². The lowest BCUT2D eigenvalue weighted by atomic mass is 10.1. The largest absolute Gasteiger partial charge is 0.396 e. The quantitative estimate of drug-likeness (QED) is 0.593. The van der Waals surface area contributed by atoms with Crippen LogP contribution in [0, 0.1) is 5.92 Å². The summed E-state index contributed by atoms with van der Waals surface area (Å²) < 4.78 is 0. The molecule has 0 saturated carbocycles. The molecule has 0 fully saturated rings. The van der Waals surface area contributed by atoms with E-state index in [9.17, 15) is 0 Å². The summed E-state index contributed by atoms with van der Waals surface area (Å²) in [6, 6.07) is 0. The average Bonchev–Trinajstić information content (AvgIpc) is 1.87. The van der Waals surface area contributed by atoms with Gasteiger partial charge in [0.1, 0.15) is 0 Å². The molecule has 0 radical (unpaired) electrons. The Balaban J connectivity index is 3.43. The van der Waals surface area contributed by atoms with Gasteiger partial charge in [-0.25, -0.2) is 0 Å². The molecule has 58 valence electrons. The zero-order chi connectivity index (χ0) is 7.98. The molecule has 0 aliphatic carbocycles. The maximum atomic E-state index is 8.64.